The summed E-state index contributed by atoms with van der Waals surface area (Å²) in [5.74, 6) is 1.56. The SMILES string of the molecule is C=CC(/C=C/c1ccc(N2CCCC2)cc1)=C\C=N\CC(=O)NCCSSCCNC(=O)C[N+]1=CC(C)C(=C=CC2=C=C=C(N3CCCC3)C=C2)C=C1. The van der Waals surface area contributed by atoms with E-state index in [1.807, 2.05) is 35.1 Å². The first kappa shape index (κ1) is 39.5. The van der Waals surface area contributed by atoms with Gasteiger partial charge in [0.05, 0.1) is 11.6 Å². The van der Waals surface area contributed by atoms with E-state index in [1.54, 1.807) is 33.9 Å². The molecule has 1 aromatic rings. The fraction of sp³-hybridized carbons (Fsp3) is 0.372. The summed E-state index contributed by atoms with van der Waals surface area (Å²) in [6.45, 7) is 12.0. The van der Waals surface area contributed by atoms with Crippen molar-refractivity contribution in [2.75, 3.05) is 68.8 Å². The van der Waals surface area contributed by atoms with Gasteiger partial charge in [0.15, 0.2) is 12.4 Å². The Bertz CT molecular complexity index is 1820. The normalized spacial score (nSPS) is 18.4. The van der Waals surface area contributed by atoms with Crippen LogP contribution in [0.2, 0.25) is 0 Å². The number of carbonyl (C=O) groups is 2. The van der Waals surface area contributed by atoms with E-state index < -0.39 is 0 Å². The molecule has 53 heavy (non-hydrogen) atoms. The van der Waals surface area contributed by atoms with E-state index in [1.165, 1.54) is 31.4 Å². The molecule has 5 rings (SSSR count). The number of aliphatic imine (C=N–C) groups is 1. The van der Waals surface area contributed by atoms with Gasteiger partial charge in [-0.2, -0.15) is 4.58 Å². The lowest BCUT2D eigenvalue weighted by Crippen LogP contribution is -2.33. The van der Waals surface area contributed by atoms with Crippen LogP contribution >= 0.6 is 21.6 Å². The maximum Gasteiger partial charge on any atom is 0.286 e. The number of hydrogen-bond donors (Lipinski definition) is 2. The average molecular weight is 748 g/mol. The smallest absolute Gasteiger partial charge is 0.286 e. The minimum absolute atomic E-state index is 0.0173. The summed E-state index contributed by atoms with van der Waals surface area (Å²) in [7, 11) is 3.35. The Hall–Kier alpha value is -4.68. The molecular weight excluding hydrogens is 697 g/mol. The summed E-state index contributed by atoms with van der Waals surface area (Å²) < 4.78 is 1.92. The molecule has 1 atom stereocenters. The van der Waals surface area contributed by atoms with Gasteiger partial charge in [0.2, 0.25) is 12.5 Å². The molecule has 4 aliphatic rings. The molecule has 2 N–H and O–H groups in total. The van der Waals surface area contributed by atoms with Crippen molar-refractivity contribution in [3.63, 3.8) is 0 Å². The first-order valence-corrected chi connectivity index (χ1v) is 21.0. The second-order valence-electron chi connectivity index (χ2n) is 13.1. The van der Waals surface area contributed by atoms with E-state index in [0.717, 1.165) is 65.7 Å². The number of allylic oxidation sites excluding steroid dienone is 9. The van der Waals surface area contributed by atoms with Crippen LogP contribution in [0.15, 0.2) is 124 Å². The molecule has 1 unspecified atom stereocenters. The Morgan fingerprint density at radius 3 is 2.32 bits per heavy atom. The van der Waals surface area contributed by atoms with Crippen molar-refractivity contribution >= 4 is 57.6 Å². The van der Waals surface area contributed by atoms with Crippen LogP contribution in [0.3, 0.4) is 0 Å². The summed E-state index contributed by atoms with van der Waals surface area (Å²) >= 11 is 0. The van der Waals surface area contributed by atoms with Crippen LogP contribution in [0.1, 0.15) is 38.2 Å². The molecule has 1 aliphatic carbocycles. The number of hydrogen-bond acceptors (Lipinski definition) is 7. The molecular formula is C43H51N6O2S2+. The molecule has 0 radical (unpaired) electrons. The van der Waals surface area contributed by atoms with Crippen LogP contribution in [0.4, 0.5) is 5.69 Å². The molecule has 2 amide bonds. The third kappa shape index (κ3) is 13.7. The lowest BCUT2D eigenvalue weighted by atomic mass is 10.0. The van der Waals surface area contributed by atoms with Gasteiger partial charge in [-0.25, -0.2) is 0 Å². The van der Waals surface area contributed by atoms with Crippen LogP contribution in [0.25, 0.3) is 6.08 Å². The number of rotatable bonds is 18. The van der Waals surface area contributed by atoms with Crippen molar-refractivity contribution in [2.24, 2.45) is 10.9 Å². The number of nitrogens with zero attached hydrogens (tertiary/aromatic N) is 4. The summed E-state index contributed by atoms with van der Waals surface area (Å²) in [5, 5.41) is 5.90. The summed E-state index contributed by atoms with van der Waals surface area (Å²) in [4.78, 5) is 33.7. The van der Waals surface area contributed by atoms with Crippen molar-refractivity contribution in [3.8, 4) is 0 Å². The molecule has 0 spiro atoms. The monoisotopic (exact) mass is 747 g/mol. The Kier molecular flexibility index (Phi) is 16.2. The minimum Gasteiger partial charge on any atom is -0.372 e. The van der Waals surface area contributed by atoms with Gasteiger partial charge in [0.25, 0.3) is 5.91 Å². The lowest BCUT2D eigenvalue weighted by molar-refractivity contribution is -0.443. The highest BCUT2D eigenvalue weighted by atomic mass is 33.1. The van der Waals surface area contributed by atoms with Gasteiger partial charge in [0, 0.05) is 79.9 Å². The zero-order chi connectivity index (χ0) is 37.1. The van der Waals surface area contributed by atoms with Crippen LogP contribution < -0.4 is 15.5 Å². The van der Waals surface area contributed by atoms with E-state index in [9.17, 15) is 9.59 Å². The highest BCUT2D eigenvalue weighted by Crippen LogP contribution is 2.22. The van der Waals surface area contributed by atoms with E-state index in [0.29, 0.717) is 13.1 Å². The van der Waals surface area contributed by atoms with Crippen molar-refractivity contribution in [3.05, 3.63) is 125 Å². The number of amides is 2. The Morgan fingerprint density at radius 2 is 1.66 bits per heavy atom. The van der Waals surface area contributed by atoms with Crippen molar-refractivity contribution < 1.29 is 14.2 Å². The highest BCUT2D eigenvalue weighted by Gasteiger charge is 2.18. The predicted octanol–water partition coefficient (Wildman–Crippen LogP) is 6.66. The Balaban J connectivity index is 0.898. The summed E-state index contributed by atoms with van der Waals surface area (Å²) in [5.41, 5.74) is 16.4. The van der Waals surface area contributed by atoms with Gasteiger partial charge in [-0.1, -0.05) is 64.3 Å². The zero-order valence-electron chi connectivity index (χ0n) is 30.8. The molecule has 0 saturated carbocycles. The van der Waals surface area contributed by atoms with Gasteiger partial charge in [0.1, 0.15) is 6.54 Å². The second kappa shape index (κ2) is 21.8. The molecule has 0 aromatic heterocycles. The molecule has 0 bridgehead atoms. The molecule has 8 nitrogen and oxygen atoms in total. The number of carbonyl (C=O) groups excluding carboxylic acids is 2. The van der Waals surface area contributed by atoms with Gasteiger partial charge in [-0.3, -0.25) is 14.6 Å². The molecule has 276 valence electrons. The number of benzene rings is 1. The zero-order valence-corrected chi connectivity index (χ0v) is 32.4. The maximum atomic E-state index is 12.5. The van der Waals surface area contributed by atoms with Gasteiger partial charge in [-0.05, 0) is 85.9 Å². The highest BCUT2D eigenvalue weighted by molar-refractivity contribution is 8.76. The summed E-state index contributed by atoms with van der Waals surface area (Å²) in [6, 6.07) is 8.61. The van der Waals surface area contributed by atoms with Crippen LogP contribution in [-0.2, 0) is 9.59 Å². The molecule has 10 heteroatoms. The van der Waals surface area contributed by atoms with Crippen LogP contribution in [-0.4, -0.2) is 97.6 Å². The number of likely N-dealkylation sites (tertiary alicyclic amines) is 1. The Morgan fingerprint density at radius 1 is 0.962 bits per heavy atom. The minimum atomic E-state index is -0.113. The van der Waals surface area contributed by atoms with Gasteiger partial charge < -0.3 is 20.4 Å². The molecule has 1 aromatic carbocycles. The number of anilines is 1. The van der Waals surface area contributed by atoms with Crippen LogP contribution in [0.5, 0.6) is 0 Å². The Labute approximate surface area is 323 Å². The van der Waals surface area contributed by atoms with E-state index in [2.05, 4.69) is 105 Å². The second-order valence-corrected chi connectivity index (χ2v) is 15.8. The third-order valence-corrected chi connectivity index (χ3v) is 11.5. The fourth-order valence-corrected chi connectivity index (χ4v) is 7.91. The lowest BCUT2D eigenvalue weighted by Gasteiger charge is -2.17. The maximum absolute atomic E-state index is 12.5. The number of nitrogens with one attached hydrogen (secondary N) is 2. The molecule has 3 aliphatic heterocycles. The van der Waals surface area contributed by atoms with Gasteiger partial charge >= 0.3 is 0 Å². The predicted molar refractivity (Wildman–Crippen MR) is 225 cm³/mol. The first-order valence-electron chi connectivity index (χ1n) is 18.5. The fourth-order valence-electron chi connectivity index (χ4n) is 6.10. The van der Waals surface area contributed by atoms with Crippen LogP contribution in [0, 0.1) is 5.92 Å². The summed E-state index contributed by atoms with van der Waals surface area (Å²) in [6.07, 6.45) is 26.5. The average Bonchev–Trinajstić information content (AvgIpc) is 3.92. The standard InChI is InChI=1S/C43H50N6O2S2/c1-3-36(8-9-37-11-16-40(17-12-37)48-25-4-5-26-48)20-22-44-32-42(50)45-23-30-52-53-31-24-46-43(51)34-47-29-21-39(35(2)33-47)15-10-38-13-18-41(19-14-38)49-27-6-7-28-49/h3,8-13,16-18,20-22,29,33,35H,1,4-7,23-28,30-32,34H2,2H3,(H-,45,46,50,51)/p+1/b9-8+,36-20+,44-22+. The van der Waals surface area contributed by atoms with Gasteiger partial charge in [-0.15, -0.1) is 5.73 Å². The third-order valence-electron chi connectivity index (χ3n) is 9.05. The van der Waals surface area contributed by atoms with E-state index >= 15 is 0 Å². The van der Waals surface area contributed by atoms with E-state index in [4.69, 9.17) is 0 Å². The molecule has 2 saturated heterocycles. The largest absolute Gasteiger partial charge is 0.372 e. The van der Waals surface area contributed by atoms with Crippen molar-refractivity contribution in [1.82, 2.24) is 15.5 Å². The quantitative estimate of drug-likeness (QED) is 0.0438. The van der Waals surface area contributed by atoms with Crippen molar-refractivity contribution in [2.45, 2.75) is 32.6 Å². The molecule has 2 fully saturated rings. The molecule has 3 heterocycles. The van der Waals surface area contributed by atoms with E-state index in [-0.39, 0.29) is 30.8 Å². The first-order chi connectivity index (χ1) is 26.0. The topological polar surface area (TPSA) is 80.1 Å². The van der Waals surface area contributed by atoms with Crippen molar-refractivity contribution in [1.29, 1.82) is 0 Å².